The molecule has 0 bridgehead atoms. The van der Waals surface area contributed by atoms with E-state index >= 15 is 0 Å². The van der Waals surface area contributed by atoms with Crippen molar-refractivity contribution in [3.63, 3.8) is 0 Å². The van der Waals surface area contributed by atoms with E-state index in [9.17, 15) is 0 Å². The largest absolute Gasteiger partial charge is 0.497 e. The lowest BCUT2D eigenvalue weighted by atomic mass is 10.2. The Bertz CT molecular complexity index is 194. The average molecular weight is 183 g/mol. The van der Waals surface area contributed by atoms with Gasteiger partial charge in [0, 0.05) is 18.2 Å². The number of nitrogens with zero attached hydrogens (tertiary/aromatic N) is 1. The van der Waals surface area contributed by atoms with Crippen molar-refractivity contribution in [2.24, 2.45) is 0 Å². The Kier molecular flexibility index (Phi) is 5.47. The van der Waals surface area contributed by atoms with Crippen LogP contribution in [0.4, 0.5) is 0 Å². The Hall–Kier alpha value is -0.760. The minimum absolute atomic E-state index is 0.541. The van der Waals surface area contributed by atoms with E-state index in [0.29, 0.717) is 6.04 Å². The second-order valence-electron chi connectivity index (χ2n) is 3.45. The zero-order valence-electron chi connectivity index (χ0n) is 9.42. The summed E-state index contributed by atoms with van der Waals surface area (Å²) in [5.74, 6) is 0.759. The second-order valence-corrected chi connectivity index (χ2v) is 3.45. The number of methoxy groups -OCH3 is 1. The van der Waals surface area contributed by atoms with Gasteiger partial charge in [0.2, 0.25) is 0 Å². The molecule has 0 aromatic rings. The summed E-state index contributed by atoms with van der Waals surface area (Å²) in [6.07, 6.45) is 2.05. The van der Waals surface area contributed by atoms with E-state index in [4.69, 9.17) is 4.74 Å². The highest BCUT2D eigenvalue weighted by atomic mass is 16.5. The van der Waals surface area contributed by atoms with Crippen LogP contribution in [0.2, 0.25) is 0 Å². The van der Waals surface area contributed by atoms with E-state index in [1.54, 1.807) is 7.11 Å². The Balaban J connectivity index is 4.23. The third kappa shape index (κ3) is 4.13. The van der Waals surface area contributed by atoms with Crippen molar-refractivity contribution in [3.8, 4) is 0 Å². The summed E-state index contributed by atoms with van der Waals surface area (Å²) in [5, 5.41) is 0. The van der Waals surface area contributed by atoms with Crippen molar-refractivity contribution in [2.75, 3.05) is 20.7 Å². The molecule has 0 saturated carbocycles. The molecule has 0 saturated heterocycles. The van der Waals surface area contributed by atoms with Gasteiger partial charge >= 0.3 is 0 Å². The van der Waals surface area contributed by atoms with Crippen molar-refractivity contribution in [1.82, 2.24) is 4.90 Å². The molecular weight excluding hydrogens is 162 g/mol. The fourth-order valence-electron chi connectivity index (χ4n) is 0.923. The molecule has 0 aromatic heterocycles. The molecule has 0 amide bonds. The number of rotatable bonds is 5. The molecule has 0 N–H and O–H groups in total. The molecule has 76 valence electrons. The maximum absolute atomic E-state index is 5.09. The van der Waals surface area contributed by atoms with Crippen molar-refractivity contribution in [1.29, 1.82) is 0 Å². The van der Waals surface area contributed by atoms with Gasteiger partial charge in [-0.25, -0.2) is 0 Å². The maximum Gasteiger partial charge on any atom is 0.115 e. The predicted octanol–water partition coefficient (Wildman–Crippen LogP) is 2.43. The quantitative estimate of drug-likeness (QED) is 0.479. The number of likely N-dealkylation sites (N-methyl/N-ethyl adjacent to an activating group) is 1. The molecule has 0 aliphatic heterocycles. The average Bonchev–Trinajstić information content (AvgIpc) is 2.12. The Morgan fingerprint density at radius 3 is 2.38 bits per heavy atom. The number of ether oxygens (including phenoxy) is 1. The minimum atomic E-state index is 0.541. The number of hydrogen-bond donors (Lipinski definition) is 0. The summed E-state index contributed by atoms with van der Waals surface area (Å²) in [4.78, 5) is 2.25. The Morgan fingerprint density at radius 2 is 2.08 bits per heavy atom. The molecule has 0 heterocycles. The SMILES string of the molecule is C=C(OC)/C(=C\C)CN(C)C(C)C. The first-order chi connectivity index (χ1) is 6.02. The Morgan fingerprint density at radius 1 is 1.54 bits per heavy atom. The van der Waals surface area contributed by atoms with Gasteiger partial charge in [-0.2, -0.15) is 0 Å². The van der Waals surface area contributed by atoms with E-state index in [1.165, 1.54) is 0 Å². The van der Waals surface area contributed by atoms with E-state index < -0.39 is 0 Å². The highest BCUT2D eigenvalue weighted by Crippen LogP contribution is 2.10. The third-order valence-corrected chi connectivity index (χ3v) is 2.25. The van der Waals surface area contributed by atoms with E-state index in [2.05, 4.69) is 32.4 Å². The van der Waals surface area contributed by atoms with Crippen LogP contribution in [-0.4, -0.2) is 31.6 Å². The molecular formula is C11H21NO. The first-order valence-electron chi connectivity index (χ1n) is 4.61. The zero-order valence-corrected chi connectivity index (χ0v) is 9.42. The Labute approximate surface area is 81.9 Å². The zero-order chi connectivity index (χ0) is 10.4. The molecule has 0 rings (SSSR count). The van der Waals surface area contributed by atoms with Gasteiger partial charge in [-0.1, -0.05) is 12.7 Å². The van der Waals surface area contributed by atoms with Crippen LogP contribution >= 0.6 is 0 Å². The molecule has 0 aliphatic carbocycles. The van der Waals surface area contributed by atoms with E-state index in [-0.39, 0.29) is 0 Å². The second kappa shape index (κ2) is 5.81. The number of allylic oxidation sites excluding steroid dienone is 1. The van der Waals surface area contributed by atoms with Crippen LogP contribution in [-0.2, 0) is 4.74 Å². The normalized spacial score (nSPS) is 12.4. The van der Waals surface area contributed by atoms with Crippen molar-refractivity contribution >= 4 is 0 Å². The van der Waals surface area contributed by atoms with Gasteiger partial charge in [-0.3, -0.25) is 4.90 Å². The van der Waals surface area contributed by atoms with Crippen LogP contribution in [0.25, 0.3) is 0 Å². The molecule has 0 aromatic carbocycles. The van der Waals surface area contributed by atoms with Crippen LogP contribution < -0.4 is 0 Å². The van der Waals surface area contributed by atoms with Crippen LogP contribution in [0, 0.1) is 0 Å². The van der Waals surface area contributed by atoms with Crippen LogP contribution in [0.1, 0.15) is 20.8 Å². The van der Waals surface area contributed by atoms with Gasteiger partial charge in [0.15, 0.2) is 0 Å². The molecule has 13 heavy (non-hydrogen) atoms. The lowest BCUT2D eigenvalue weighted by molar-refractivity contribution is 0.267. The summed E-state index contributed by atoms with van der Waals surface area (Å²) >= 11 is 0. The van der Waals surface area contributed by atoms with Crippen LogP contribution in [0.5, 0.6) is 0 Å². The maximum atomic E-state index is 5.09. The molecule has 0 atom stereocenters. The molecule has 0 aliphatic rings. The minimum Gasteiger partial charge on any atom is -0.497 e. The van der Waals surface area contributed by atoms with E-state index in [0.717, 1.165) is 17.9 Å². The fourth-order valence-corrected chi connectivity index (χ4v) is 0.923. The topological polar surface area (TPSA) is 12.5 Å². The predicted molar refractivity (Wildman–Crippen MR) is 57.7 cm³/mol. The van der Waals surface area contributed by atoms with Gasteiger partial charge < -0.3 is 4.74 Å². The number of hydrogen-bond acceptors (Lipinski definition) is 2. The highest BCUT2D eigenvalue weighted by molar-refractivity contribution is 5.23. The van der Waals surface area contributed by atoms with E-state index in [1.807, 2.05) is 13.0 Å². The smallest absolute Gasteiger partial charge is 0.115 e. The van der Waals surface area contributed by atoms with Gasteiger partial charge in [-0.05, 0) is 27.8 Å². The first kappa shape index (κ1) is 12.2. The molecule has 0 fully saturated rings. The summed E-state index contributed by atoms with van der Waals surface area (Å²) in [5.41, 5.74) is 1.15. The lowest BCUT2D eigenvalue weighted by Gasteiger charge is -2.22. The van der Waals surface area contributed by atoms with Gasteiger partial charge in [0.05, 0.1) is 7.11 Å². The molecule has 0 unspecified atom stereocenters. The lowest BCUT2D eigenvalue weighted by Crippen LogP contribution is -2.28. The molecule has 2 heteroatoms. The third-order valence-electron chi connectivity index (χ3n) is 2.25. The van der Waals surface area contributed by atoms with Crippen molar-refractivity contribution in [3.05, 3.63) is 24.0 Å². The van der Waals surface area contributed by atoms with Gasteiger partial charge in [0.25, 0.3) is 0 Å². The summed E-state index contributed by atoms with van der Waals surface area (Å²) in [6, 6.07) is 0.541. The van der Waals surface area contributed by atoms with Crippen molar-refractivity contribution in [2.45, 2.75) is 26.8 Å². The monoisotopic (exact) mass is 183 g/mol. The molecule has 0 spiro atoms. The van der Waals surface area contributed by atoms with Gasteiger partial charge in [-0.15, -0.1) is 0 Å². The van der Waals surface area contributed by atoms with Gasteiger partial charge in [0.1, 0.15) is 5.76 Å². The first-order valence-corrected chi connectivity index (χ1v) is 4.61. The highest BCUT2D eigenvalue weighted by Gasteiger charge is 2.08. The van der Waals surface area contributed by atoms with Crippen molar-refractivity contribution < 1.29 is 4.74 Å². The van der Waals surface area contributed by atoms with Crippen LogP contribution in [0.15, 0.2) is 24.0 Å². The molecule has 2 nitrogen and oxygen atoms in total. The summed E-state index contributed by atoms with van der Waals surface area (Å²) < 4.78 is 5.09. The fraction of sp³-hybridized carbons (Fsp3) is 0.636. The standard InChI is InChI=1S/C11H21NO/c1-7-11(10(4)13-6)8-12(5)9(2)3/h7,9H,4,8H2,1-3,5-6H3/b11-7-. The van der Waals surface area contributed by atoms with Crippen LogP contribution in [0.3, 0.4) is 0 Å². The molecule has 0 radical (unpaired) electrons. The summed E-state index contributed by atoms with van der Waals surface area (Å²) in [7, 11) is 3.75. The summed E-state index contributed by atoms with van der Waals surface area (Å²) in [6.45, 7) is 11.1.